The van der Waals surface area contributed by atoms with Crippen molar-refractivity contribution in [2.45, 2.75) is 13.5 Å². The summed E-state index contributed by atoms with van der Waals surface area (Å²) in [5.41, 5.74) is 7.93. The maximum absolute atomic E-state index is 5.75. The molecular weight excluding hydrogens is 258 g/mol. The molecule has 3 N–H and O–H groups in total. The number of aromatic nitrogens is 4. The Morgan fingerprint density at radius 1 is 1.35 bits per heavy atom. The summed E-state index contributed by atoms with van der Waals surface area (Å²) in [6.07, 6.45) is 0. The van der Waals surface area contributed by atoms with Crippen LogP contribution in [0.15, 0.2) is 34.9 Å². The summed E-state index contributed by atoms with van der Waals surface area (Å²) in [7, 11) is 0. The molecule has 0 spiro atoms. The highest BCUT2D eigenvalue weighted by Crippen LogP contribution is 2.25. The van der Waals surface area contributed by atoms with Crippen LogP contribution in [0.25, 0.3) is 11.3 Å². The Balaban J connectivity index is 1.76. The van der Waals surface area contributed by atoms with Crippen LogP contribution >= 0.6 is 0 Å². The highest BCUT2D eigenvalue weighted by Gasteiger charge is 2.08. The number of aryl methyl sites for hydroxylation is 1. The van der Waals surface area contributed by atoms with Gasteiger partial charge in [-0.2, -0.15) is 0 Å². The SMILES string of the molecule is Cc1cc(COc2cccc(-c3nn[nH]c3N)c2)no1. The first-order valence-corrected chi connectivity index (χ1v) is 6.04. The molecule has 7 nitrogen and oxygen atoms in total. The third-order valence-electron chi connectivity index (χ3n) is 2.75. The maximum Gasteiger partial charge on any atom is 0.147 e. The molecule has 0 amide bonds. The summed E-state index contributed by atoms with van der Waals surface area (Å²) >= 11 is 0. The molecule has 20 heavy (non-hydrogen) atoms. The number of nitrogens with zero attached hydrogens (tertiary/aromatic N) is 3. The van der Waals surface area contributed by atoms with Gasteiger partial charge < -0.3 is 15.0 Å². The Bertz CT molecular complexity index is 719. The number of nitrogens with one attached hydrogen (secondary N) is 1. The van der Waals surface area contributed by atoms with Crippen LogP contribution < -0.4 is 10.5 Å². The number of ether oxygens (including phenoxy) is 1. The van der Waals surface area contributed by atoms with E-state index in [1.807, 2.05) is 37.3 Å². The fraction of sp³-hybridized carbons (Fsp3) is 0.154. The average molecular weight is 271 g/mol. The molecule has 0 unspecified atom stereocenters. The lowest BCUT2D eigenvalue weighted by Crippen LogP contribution is -1.96. The van der Waals surface area contributed by atoms with Gasteiger partial charge in [-0.25, -0.2) is 5.10 Å². The lowest BCUT2D eigenvalue weighted by molar-refractivity contribution is 0.288. The van der Waals surface area contributed by atoms with Crippen molar-refractivity contribution >= 4 is 5.82 Å². The van der Waals surface area contributed by atoms with Crippen molar-refractivity contribution < 1.29 is 9.26 Å². The maximum atomic E-state index is 5.75. The van der Waals surface area contributed by atoms with E-state index in [9.17, 15) is 0 Å². The fourth-order valence-corrected chi connectivity index (χ4v) is 1.83. The van der Waals surface area contributed by atoms with Crippen LogP contribution in [0, 0.1) is 6.92 Å². The van der Waals surface area contributed by atoms with Crippen molar-refractivity contribution in [3.8, 4) is 17.0 Å². The van der Waals surface area contributed by atoms with Gasteiger partial charge in [0.25, 0.3) is 0 Å². The highest BCUT2D eigenvalue weighted by molar-refractivity contribution is 5.70. The second-order valence-electron chi connectivity index (χ2n) is 4.32. The predicted molar refractivity (Wildman–Crippen MR) is 71.8 cm³/mol. The summed E-state index contributed by atoms with van der Waals surface area (Å²) < 4.78 is 10.6. The normalized spacial score (nSPS) is 10.7. The van der Waals surface area contributed by atoms with Crippen LogP contribution in [0.3, 0.4) is 0 Å². The van der Waals surface area contributed by atoms with E-state index in [1.165, 1.54) is 0 Å². The van der Waals surface area contributed by atoms with Gasteiger partial charge in [0.1, 0.15) is 35.3 Å². The van der Waals surface area contributed by atoms with Crippen LogP contribution in [-0.2, 0) is 6.61 Å². The molecule has 0 aliphatic carbocycles. The Kier molecular flexibility index (Phi) is 3.08. The zero-order valence-electron chi connectivity index (χ0n) is 10.8. The number of anilines is 1. The summed E-state index contributed by atoms with van der Waals surface area (Å²) in [6.45, 7) is 2.18. The minimum atomic E-state index is 0.342. The Labute approximate surface area is 114 Å². The summed E-state index contributed by atoms with van der Waals surface area (Å²) in [5.74, 6) is 1.88. The Morgan fingerprint density at radius 3 is 2.95 bits per heavy atom. The van der Waals surface area contributed by atoms with E-state index in [4.69, 9.17) is 15.0 Å². The monoisotopic (exact) mass is 271 g/mol. The van der Waals surface area contributed by atoms with Crippen LogP contribution in [-0.4, -0.2) is 20.6 Å². The zero-order valence-corrected chi connectivity index (χ0v) is 10.8. The molecule has 0 aliphatic heterocycles. The van der Waals surface area contributed by atoms with Gasteiger partial charge in [-0.1, -0.05) is 22.5 Å². The molecule has 3 aromatic rings. The highest BCUT2D eigenvalue weighted by atomic mass is 16.5. The molecular formula is C13H13N5O2. The summed E-state index contributed by atoms with van der Waals surface area (Å²) in [4.78, 5) is 0. The van der Waals surface area contributed by atoms with Gasteiger partial charge >= 0.3 is 0 Å². The van der Waals surface area contributed by atoms with Gasteiger partial charge in [0.05, 0.1) is 0 Å². The van der Waals surface area contributed by atoms with Gasteiger partial charge in [-0.05, 0) is 19.1 Å². The lowest BCUT2D eigenvalue weighted by atomic mass is 10.1. The van der Waals surface area contributed by atoms with Crippen molar-refractivity contribution in [2.24, 2.45) is 0 Å². The number of benzene rings is 1. The van der Waals surface area contributed by atoms with Crippen molar-refractivity contribution in [1.29, 1.82) is 0 Å². The van der Waals surface area contributed by atoms with E-state index < -0.39 is 0 Å². The molecule has 0 saturated carbocycles. The molecule has 0 fully saturated rings. The molecule has 3 rings (SSSR count). The first-order valence-electron chi connectivity index (χ1n) is 6.04. The Morgan fingerprint density at radius 2 is 2.25 bits per heavy atom. The van der Waals surface area contributed by atoms with Crippen LogP contribution in [0.1, 0.15) is 11.5 Å². The molecule has 2 heterocycles. The average Bonchev–Trinajstić information content (AvgIpc) is 3.05. The van der Waals surface area contributed by atoms with Gasteiger partial charge in [0.2, 0.25) is 0 Å². The van der Waals surface area contributed by atoms with Crippen LogP contribution in [0.5, 0.6) is 5.75 Å². The van der Waals surface area contributed by atoms with E-state index >= 15 is 0 Å². The standard InChI is InChI=1S/C13H13N5O2/c1-8-5-10(17-20-8)7-19-11-4-2-3-9(6-11)12-13(14)16-18-15-12/h2-6H,7H2,1H3,(H3,14,15,16,18). The molecule has 1 aromatic carbocycles. The number of nitrogens with two attached hydrogens (primary N) is 1. The fourth-order valence-electron chi connectivity index (χ4n) is 1.83. The first kappa shape index (κ1) is 12.2. The quantitative estimate of drug-likeness (QED) is 0.751. The minimum Gasteiger partial charge on any atom is -0.487 e. The van der Waals surface area contributed by atoms with Gasteiger partial charge in [-0.3, -0.25) is 0 Å². The van der Waals surface area contributed by atoms with E-state index in [0.717, 1.165) is 17.0 Å². The van der Waals surface area contributed by atoms with Crippen molar-refractivity contribution in [3.63, 3.8) is 0 Å². The smallest absolute Gasteiger partial charge is 0.147 e. The molecule has 7 heteroatoms. The number of rotatable bonds is 4. The van der Waals surface area contributed by atoms with Gasteiger partial charge in [-0.15, -0.1) is 5.10 Å². The molecule has 0 bridgehead atoms. The molecule has 2 aromatic heterocycles. The number of hydrogen-bond donors (Lipinski definition) is 2. The third-order valence-corrected chi connectivity index (χ3v) is 2.75. The molecule has 0 radical (unpaired) electrons. The van der Waals surface area contributed by atoms with E-state index in [1.54, 1.807) is 0 Å². The zero-order chi connectivity index (χ0) is 13.9. The van der Waals surface area contributed by atoms with Gasteiger partial charge in [0.15, 0.2) is 0 Å². The molecule has 0 aliphatic rings. The number of aromatic amines is 1. The third kappa shape index (κ3) is 2.46. The number of hydrogen-bond acceptors (Lipinski definition) is 6. The second kappa shape index (κ2) is 5.04. The van der Waals surface area contributed by atoms with Gasteiger partial charge in [0, 0.05) is 11.6 Å². The molecule has 102 valence electrons. The van der Waals surface area contributed by atoms with E-state index in [0.29, 0.717) is 23.9 Å². The van der Waals surface area contributed by atoms with Crippen molar-refractivity contribution in [1.82, 2.24) is 20.6 Å². The lowest BCUT2D eigenvalue weighted by Gasteiger charge is -2.05. The van der Waals surface area contributed by atoms with Crippen molar-refractivity contribution in [2.75, 3.05) is 5.73 Å². The van der Waals surface area contributed by atoms with Crippen LogP contribution in [0.2, 0.25) is 0 Å². The summed E-state index contributed by atoms with van der Waals surface area (Å²) in [5, 5.41) is 14.1. The molecule has 0 saturated heterocycles. The summed E-state index contributed by atoms with van der Waals surface area (Å²) in [6, 6.07) is 9.29. The topological polar surface area (TPSA) is 103 Å². The number of H-pyrrole nitrogens is 1. The van der Waals surface area contributed by atoms with Crippen LogP contribution in [0.4, 0.5) is 5.82 Å². The van der Waals surface area contributed by atoms with E-state index in [-0.39, 0.29) is 0 Å². The molecule has 0 atom stereocenters. The first-order chi connectivity index (χ1) is 9.72. The van der Waals surface area contributed by atoms with Crippen molar-refractivity contribution in [3.05, 3.63) is 41.8 Å². The largest absolute Gasteiger partial charge is 0.487 e. The number of nitrogen functional groups attached to an aromatic ring is 1. The minimum absolute atomic E-state index is 0.342. The van der Waals surface area contributed by atoms with E-state index in [2.05, 4.69) is 20.6 Å². The predicted octanol–water partition coefficient (Wildman–Crippen LogP) is 1.93. The second-order valence-corrected chi connectivity index (χ2v) is 4.32. The Hall–Kier alpha value is -2.83.